The van der Waals surface area contributed by atoms with Gasteiger partial charge in [-0.1, -0.05) is 40.9 Å². The van der Waals surface area contributed by atoms with Crippen molar-refractivity contribution in [1.82, 2.24) is 4.90 Å². The fraction of sp³-hybridized carbons (Fsp3) is 0.389. The molecule has 1 saturated carbocycles. The second-order valence-electron chi connectivity index (χ2n) is 5.74. The van der Waals surface area contributed by atoms with Crippen molar-refractivity contribution in [2.45, 2.75) is 38.6 Å². The van der Waals surface area contributed by atoms with Gasteiger partial charge in [0.15, 0.2) is 0 Å². The molecule has 2 aromatic carbocycles. The Morgan fingerprint density at radius 1 is 1.14 bits per heavy atom. The van der Waals surface area contributed by atoms with E-state index in [0.717, 1.165) is 40.2 Å². The molecule has 1 amide bonds. The lowest BCUT2D eigenvalue weighted by Crippen LogP contribution is -2.38. The molecule has 0 aromatic heterocycles. The van der Waals surface area contributed by atoms with Crippen molar-refractivity contribution in [3.05, 3.63) is 46.4 Å². The molecule has 1 aliphatic carbocycles. The smallest absolute Gasteiger partial charge is 0.254 e. The van der Waals surface area contributed by atoms with Gasteiger partial charge in [-0.05, 0) is 54.8 Å². The Hall–Kier alpha value is -1.35. The van der Waals surface area contributed by atoms with Gasteiger partial charge in [0, 0.05) is 22.6 Å². The third-order valence-electron chi connectivity index (χ3n) is 4.42. The first kappa shape index (κ1) is 14.6. The van der Waals surface area contributed by atoms with Crippen LogP contribution in [0.25, 0.3) is 10.8 Å². The van der Waals surface area contributed by atoms with Crippen molar-refractivity contribution in [1.29, 1.82) is 0 Å². The lowest BCUT2D eigenvalue weighted by Gasteiger charge is -2.27. The summed E-state index contributed by atoms with van der Waals surface area (Å²) in [6.45, 7) is 2.87. The molecule has 0 N–H and O–H groups in total. The fourth-order valence-corrected chi connectivity index (χ4v) is 3.68. The number of halogens is 1. The lowest BCUT2D eigenvalue weighted by molar-refractivity contribution is 0.0694. The molecular weight excluding hydrogens is 326 g/mol. The van der Waals surface area contributed by atoms with Crippen LogP contribution in [0.4, 0.5) is 0 Å². The zero-order valence-electron chi connectivity index (χ0n) is 12.3. The molecule has 0 aliphatic heterocycles. The fourth-order valence-electron chi connectivity index (χ4n) is 3.30. The van der Waals surface area contributed by atoms with Gasteiger partial charge in [0.05, 0.1) is 0 Å². The summed E-state index contributed by atoms with van der Waals surface area (Å²) in [6, 6.07) is 12.6. The van der Waals surface area contributed by atoms with Gasteiger partial charge in [-0.25, -0.2) is 0 Å². The van der Waals surface area contributed by atoms with Crippen molar-refractivity contribution >= 4 is 32.6 Å². The second kappa shape index (κ2) is 6.18. The number of nitrogens with zero attached hydrogens (tertiary/aromatic N) is 1. The molecule has 2 aromatic rings. The van der Waals surface area contributed by atoms with E-state index in [1.165, 1.54) is 12.8 Å². The predicted octanol–water partition coefficient (Wildman–Crippen LogP) is 5.01. The predicted molar refractivity (Wildman–Crippen MR) is 90.6 cm³/mol. The van der Waals surface area contributed by atoms with E-state index < -0.39 is 0 Å². The number of fused-ring (bicyclic) bond motifs is 1. The van der Waals surface area contributed by atoms with Gasteiger partial charge in [0.1, 0.15) is 0 Å². The number of rotatable bonds is 3. The van der Waals surface area contributed by atoms with Crippen LogP contribution in [0, 0.1) is 0 Å². The molecule has 0 atom stereocenters. The van der Waals surface area contributed by atoms with Gasteiger partial charge in [-0.15, -0.1) is 0 Å². The van der Waals surface area contributed by atoms with Crippen molar-refractivity contribution < 1.29 is 4.79 Å². The molecule has 0 unspecified atom stereocenters. The first-order valence-corrected chi connectivity index (χ1v) is 8.48. The highest BCUT2D eigenvalue weighted by Crippen LogP contribution is 2.26. The average molecular weight is 346 g/mol. The Bertz CT molecular complexity index is 661. The molecule has 0 heterocycles. The molecular formula is C18H20BrNO. The average Bonchev–Trinajstić information content (AvgIpc) is 3.01. The minimum Gasteiger partial charge on any atom is -0.336 e. The lowest BCUT2D eigenvalue weighted by atomic mass is 10.1. The van der Waals surface area contributed by atoms with Crippen LogP contribution in [0.3, 0.4) is 0 Å². The molecule has 0 bridgehead atoms. The molecule has 2 nitrogen and oxygen atoms in total. The van der Waals surface area contributed by atoms with Gasteiger partial charge in [0.25, 0.3) is 5.91 Å². The van der Waals surface area contributed by atoms with Crippen LogP contribution in [0.5, 0.6) is 0 Å². The number of benzene rings is 2. The summed E-state index contributed by atoms with van der Waals surface area (Å²) in [5, 5.41) is 2.27. The van der Waals surface area contributed by atoms with Crippen molar-refractivity contribution in [3.8, 4) is 0 Å². The van der Waals surface area contributed by atoms with E-state index in [2.05, 4.69) is 35.0 Å². The SMILES string of the molecule is CCN(C(=O)c1ccc2cc(Br)ccc2c1)C1CCCC1. The van der Waals surface area contributed by atoms with Crippen molar-refractivity contribution in [3.63, 3.8) is 0 Å². The highest BCUT2D eigenvalue weighted by molar-refractivity contribution is 9.10. The standard InChI is InChI=1S/C18H20BrNO/c1-2-20(17-5-3-4-6-17)18(21)15-8-7-14-12-16(19)10-9-13(14)11-15/h7-12,17H,2-6H2,1H3. The van der Waals surface area contributed by atoms with Crippen LogP contribution in [0.1, 0.15) is 43.0 Å². The monoisotopic (exact) mass is 345 g/mol. The molecule has 0 spiro atoms. The number of hydrogen-bond acceptors (Lipinski definition) is 1. The van der Waals surface area contributed by atoms with Crippen LogP contribution in [0.2, 0.25) is 0 Å². The summed E-state index contributed by atoms with van der Waals surface area (Å²) >= 11 is 3.48. The van der Waals surface area contributed by atoms with Crippen LogP contribution >= 0.6 is 15.9 Å². The van der Waals surface area contributed by atoms with Crippen LogP contribution in [-0.2, 0) is 0 Å². The molecule has 110 valence electrons. The summed E-state index contributed by atoms with van der Waals surface area (Å²) in [6.07, 6.45) is 4.81. The largest absolute Gasteiger partial charge is 0.336 e. The van der Waals surface area contributed by atoms with E-state index >= 15 is 0 Å². The molecule has 3 heteroatoms. The van der Waals surface area contributed by atoms with Crippen molar-refractivity contribution in [2.75, 3.05) is 6.54 Å². The van der Waals surface area contributed by atoms with Gasteiger partial charge >= 0.3 is 0 Å². The van der Waals surface area contributed by atoms with E-state index in [9.17, 15) is 4.79 Å². The Labute approximate surface area is 134 Å². The molecule has 0 radical (unpaired) electrons. The topological polar surface area (TPSA) is 20.3 Å². The van der Waals surface area contributed by atoms with E-state index in [1.54, 1.807) is 0 Å². The number of hydrogen-bond donors (Lipinski definition) is 0. The quantitative estimate of drug-likeness (QED) is 0.765. The van der Waals surface area contributed by atoms with E-state index in [1.807, 2.05) is 29.2 Å². The van der Waals surface area contributed by atoms with Gasteiger partial charge < -0.3 is 4.90 Å². The maximum Gasteiger partial charge on any atom is 0.254 e. The molecule has 1 fully saturated rings. The summed E-state index contributed by atoms with van der Waals surface area (Å²) in [5.41, 5.74) is 0.804. The minimum atomic E-state index is 0.175. The molecule has 1 aliphatic rings. The van der Waals surface area contributed by atoms with Gasteiger partial charge in [-0.3, -0.25) is 4.79 Å². The molecule has 21 heavy (non-hydrogen) atoms. The zero-order chi connectivity index (χ0) is 14.8. The number of carbonyl (C=O) groups excluding carboxylic acids is 1. The third-order valence-corrected chi connectivity index (χ3v) is 4.91. The van der Waals surface area contributed by atoms with E-state index in [4.69, 9.17) is 0 Å². The zero-order valence-corrected chi connectivity index (χ0v) is 13.9. The first-order chi connectivity index (χ1) is 10.2. The summed E-state index contributed by atoms with van der Waals surface area (Å²) in [7, 11) is 0. The Morgan fingerprint density at radius 2 is 1.81 bits per heavy atom. The molecule has 0 saturated heterocycles. The number of carbonyl (C=O) groups is 1. The Balaban J connectivity index is 1.91. The highest BCUT2D eigenvalue weighted by Gasteiger charge is 2.26. The Kier molecular flexibility index (Phi) is 4.29. The van der Waals surface area contributed by atoms with Crippen LogP contribution < -0.4 is 0 Å². The normalized spacial score (nSPS) is 15.5. The minimum absolute atomic E-state index is 0.175. The highest BCUT2D eigenvalue weighted by atomic mass is 79.9. The number of amides is 1. The van der Waals surface area contributed by atoms with Crippen LogP contribution in [0.15, 0.2) is 40.9 Å². The first-order valence-electron chi connectivity index (χ1n) is 7.69. The molecule has 3 rings (SSSR count). The maximum atomic E-state index is 12.8. The maximum absolute atomic E-state index is 12.8. The van der Waals surface area contributed by atoms with E-state index in [0.29, 0.717) is 6.04 Å². The second-order valence-corrected chi connectivity index (χ2v) is 6.65. The van der Waals surface area contributed by atoms with E-state index in [-0.39, 0.29) is 5.91 Å². The summed E-state index contributed by atoms with van der Waals surface area (Å²) in [5.74, 6) is 0.175. The Morgan fingerprint density at radius 3 is 2.52 bits per heavy atom. The third kappa shape index (κ3) is 2.98. The van der Waals surface area contributed by atoms with Crippen molar-refractivity contribution in [2.24, 2.45) is 0 Å². The van der Waals surface area contributed by atoms with Crippen LogP contribution in [-0.4, -0.2) is 23.4 Å². The van der Waals surface area contributed by atoms with Gasteiger partial charge in [0.2, 0.25) is 0 Å². The summed E-state index contributed by atoms with van der Waals surface area (Å²) < 4.78 is 1.07. The van der Waals surface area contributed by atoms with Gasteiger partial charge in [-0.2, -0.15) is 0 Å². The summed E-state index contributed by atoms with van der Waals surface area (Å²) in [4.78, 5) is 14.8.